The minimum Gasteiger partial charge on any atom is -0.353 e. The van der Waals surface area contributed by atoms with Crippen LogP contribution in [0, 0.1) is 12.3 Å². The molecule has 36 heavy (non-hydrogen) atoms. The first kappa shape index (κ1) is 23.7. The molecule has 3 fully saturated rings. The van der Waals surface area contributed by atoms with Crippen molar-refractivity contribution in [1.82, 2.24) is 14.7 Å². The molecule has 8 heteroatoms. The molecule has 1 N–H and O–H groups in total. The van der Waals surface area contributed by atoms with E-state index in [1.807, 2.05) is 12.1 Å². The van der Waals surface area contributed by atoms with Gasteiger partial charge in [-0.1, -0.05) is 25.0 Å². The highest BCUT2D eigenvalue weighted by atomic mass is 32.1. The smallest absolute Gasteiger partial charge is 0.229 e. The summed E-state index contributed by atoms with van der Waals surface area (Å²) < 4.78 is 0. The van der Waals surface area contributed by atoms with E-state index in [9.17, 15) is 9.59 Å². The molecule has 1 spiro atoms. The van der Waals surface area contributed by atoms with Crippen LogP contribution in [0.15, 0.2) is 35.3 Å². The maximum atomic E-state index is 12.8. The van der Waals surface area contributed by atoms with Gasteiger partial charge in [-0.05, 0) is 56.3 Å². The zero-order valence-electron chi connectivity index (χ0n) is 21.1. The number of thiophene rings is 1. The van der Waals surface area contributed by atoms with Crippen molar-refractivity contribution in [3.63, 3.8) is 0 Å². The number of amidine groups is 1. The quantitative estimate of drug-likeness (QED) is 0.598. The summed E-state index contributed by atoms with van der Waals surface area (Å²) in [6, 6.07) is 10.5. The van der Waals surface area contributed by atoms with E-state index in [0.717, 1.165) is 87.0 Å². The standard InChI is InChI=1S/C28H35N5O2S/c1-20-17-21-26(29-22-7-2-3-8-23(22)30-27(21)36-20)32-15-13-31(14-16-32)11-6-12-33-24(34)18-28(19-25(33)35)9-4-5-10-28/h2-3,7-8,17,30H,4-6,9-16,18-19H2,1H3. The van der Waals surface area contributed by atoms with Crippen LogP contribution in [0.25, 0.3) is 0 Å². The first-order valence-electron chi connectivity index (χ1n) is 13.4. The van der Waals surface area contributed by atoms with Gasteiger partial charge in [0.15, 0.2) is 0 Å². The molecule has 4 aliphatic rings. The maximum absolute atomic E-state index is 12.8. The lowest BCUT2D eigenvalue weighted by molar-refractivity contribution is -0.153. The minimum atomic E-state index is -0.0153. The van der Waals surface area contributed by atoms with E-state index in [1.165, 1.54) is 10.4 Å². The van der Waals surface area contributed by atoms with Crippen molar-refractivity contribution in [1.29, 1.82) is 0 Å². The Morgan fingerprint density at radius 3 is 2.47 bits per heavy atom. The van der Waals surface area contributed by atoms with Crippen molar-refractivity contribution in [2.45, 2.75) is 51.9 Å². The fourth-order valence-corrected chi connectivity index (χ4v) is 7.31. The Balaban J connectivity index is 1.05. The first-order chi connectivity index (χ1) is 17.5. The molecule has 1 saturated carbocycles. The first-order valence-corrected chi connectivity index (χ1v) is 14.2. The van der Waals surface area contributed by atoms with Crippen molar-refractivity contribution < 1.29 is 9.59 Å². The number of likely N-dealkylation sites (tertiary alicyclic amines) is 1. The largest absolute Gasteiger partial charge is 0.353 e. The number of piperidine rings is 1. The number of anilines is 2. The fraction of sp³-hybridized carbons (Fsp3) is 0.536. The van der Waals surface area contributed by atoms with Crippen LogP contribution < -0.4 is 5.32 Å². The van der Waals surface area contributed by atoms with Crippen LogP contribution in [0.1, 0.15) is 55.4 Å². The lowest BCUT2D eigenvalue weighted by Gasteiger charge is -2.38. The van der Waals surface area contributed by atoms with Crippen molar-refractivity contribution in [2.75, 3.05) is 44.6 Å². The topological polar surface area (TPSA) is 68.2 Å². The lowest BCUT2D eigenvalue weighted by Crippen LogP contribution is -2.50. The van der Waals surface area contributed by atoms with E-state index < -0.39 is 0 Å². The predicted molar refractivity (Wildman–Crippen MR) is 144 cm³/mol. The second-order valence-corrected chi connectivity index (χ2v) is 12.1. The van der Waals surface area contributed by atoms with E-state index in [1.54, 1.807) is 16.2 Å². The molecule has 7 nitrogen and oxygen atoms in total. The number of nitrogens with one attached hydrogen (secondary N) is 1. The fourth-order valence-electron chi connectivity index (χ4n) is 6.39. The number of para-hydroxylation sites is 2. The number of piperazine rings is 1. The number of carbonyl (C=O) groups excluding carboxylic acids is 2. The lowest BCUT2D eigenvalue weighted by atomic mass is 9.76. The van der Waals surface area contributed by atoms with Gasteiger partial charge in [0.05, 0.1) is 16.9 Å². The average Bonchev–Trinajstić information content (AvgIpc) is 3.42. The van der Waals surface area contributed by atoms with Crippen LogP contribution in [0.4, 0.5) is 16.4 Å². The second kappa shape index (κ2) is 9.63. The van der Waals surface area contributed by atoms with E-state index in [0.29, 0.717) is 19.4 Å². The third kappa shape index (κ3) is 4.57. The normalized spacial score (nSPS) is 21.8. The van der Waals surface area contributed by atoms with E-state index in [4.69, 9.17) is 4.99 Å². The molecule has 4 heterocycles. The van der Waals surface area contributed by atoms with Gasteiger partial charge < -0.3 is 10.2 Å². The summed E-state index contributed by atoms with van der Waals surface area (Å²) in [6.45, 7) is 7.36. The minimum absolute atomic E-state index is 0.0153. The van der Waals surface area contributed by atoms with E-state index >= 15 is 0 Å². The summed E-state index contributed by atoms with van der Waals surface area (Å²) in [5.41, 5.74) is 3.20. The van der Waals surface area contributed by atoms with Crippen molar-refractivity contribution >= 4 is 45.4 Å². The molecule has 1 aromatic carbocycles. The molecular formula is C28H35N5O2S. The number of benzene rings is 1. The highest BCUT2D eigenvalue weighted by Crippen LogP contribution is 2.47. The molecule has 0 bridgehead atoms. The number of hydrogen-bond acceptors (Lipinski definition) is 7. The van der Waals surface area contributed by atoms with E-state index in [2.05, 4.69) is 40.2 Å². The van der Waals surface area contributed by atoms with Gasteiger partial charge in [-0.15, -0.1) is 11.3 Å². The molecular weight excluding hydrogens is 470 g/mol. The summed E-state index contributed by atoms with van der Waals surface area (Å²) in [4.78, 5) is 38.3. The highest BCUT2D eigenvalue weighted by molar-refractivity contribution is 7.16. The Hall–Kier alpha value is -2.71. The third-order valence-corrected chi connectivity index (χ3v) is 9.29. The van der Waals surface area contributed by atoms with Crippen LogP contribution in [0.2, 0.25) is 0 Å². The number of hydrogen-bond donors (Lipinski definition) is 1. The molecule has 2 amide bonds. The van der Waals surface area contributed by atoms with Crippen molar-refractivity contribution in [3.05, 3.63) is 40.8 Å². The molecule has 0 radical (unpaired) electrons. The van der Waals surface area contributed by atoms with Gasteiger partial charge in [0.2, 0.25) is 11.8 Å². The number of nitrogens with zero attached hydrogens (tertiary/aromatic N) is 4. The van der Waals surface area contributed by atoms with Gasteiger partial charge >= 0.3 is 0 Å². The zero-order valence-corrected chi connectivity index (χ0v) is 21.9. The Morgan fingerprint density at radius 2 is 1.72 bits per heavy atom. The van der Waals surface area contributed by atoms with Crippen LogP contribution >= 0.6 is 11.3 Å². The predicted octanol–water partition coefficient (Wildman–Crippen LogP) is 4.91. The zero-order chi connectivity index (χ0) is 24.7. The van der Waals surface area contributed by atoms with Crippen LogP contribution in [-0.4, -0.2) is 71.6 Å². The molecule has 1 aliphatic carbocycles. The average molecular weight is 506 g/mol. The third-order valence-electron chi connectivity index (χ3n) is 8.32. The van der Waals surface area contributed by atoms with E-state index in [-0.39, 0.29) is 17.2 Å². The van der Waals surface area contributed by atoms with Crippen molar-refractivity contribution in [2.24, 2.45) is 10.4 Å². The number of fused-ring (bicyclic) bond motifs is 2. The highest BCUT2D eigenvalue weighted by Gasteiger charge is 2.44. The molecule has 2 saturated heterocycles. The Morgan fingerprint density at radius 1 is 1.00 bits per heavy atom. The second-order valence-electron chi connectivity index (χ2n) is 10.9. The van der Waals surface area contributed by atoms with Gasteiger partial charge in [0, 0.05) is 50.4 Å². The van der Waals surface area contributed by atoms with Gasteiger partial charge in [-0.2, -0.15) is 0 Å². The Labute approximate surface area is 217 Å². The molecule has 0 unspecified atom stereocenters. The number of aliphatic imine (C=N–C) groups is 1. The summed E-state index contributed by atoms with van der Waals surface area (Å²) in [6.07, 6.45) is 6.40. The molecule has 2 aromatic rings. The molecule has 0 atom stereocenters. The summed E-state index contributed by atoms with van der Waals surface area (Å²) in [7, 11) is 0. The summed E-state index contributed by atoms with van der Waals surface area (Å²) in [5.74, 6) is 1.16. The van der Waals surface area contributed by atoms with Gasteiger partial charge in [-0.3, -0.25) is 19.4 Å². The molecule has 1 aromatic heterocycles. The number of aryl methyl sites for hydroxylation is 1. The monoisotopic (exact) mass is 505 g/mol. The Kier molecular flexibility index (Phi) is 6.33. The van der Waals surface area contributed by atoms with Crippen LogP contribution in [-0.2, 0) is 9.59 Å². The SMILES string of the molecule is Cc1cc2c(s1)Nc1ccccc1N=C2N1CCN(CCCN2C(=O)CC3(CCCC3)CC2=O)CC1. The molecule has 3 aliphatic heterocycles. The molecule has 190 valence electrons. The number of imide groups is 1. The van der Waals surface area contributed by atoms with Crippen LogP contribution in [0.5, 0.6) is 0 Å². The summed E-state index contributed by atoms with van der Waals surface area (Å²) in [5, 5.41) is 4.75. The number of carbonyl (C=O) groups is 2. The number of amides is 2. The van der Waals surface area contributed by atoms with Crippen LogP contribution in [0.3, 0.4) is 0 Å². The molecule has 6 rings (SSSR count). The maximum Gasteiger partial charge on any atom is 0.229 e. The van der Waals surface area contributed by atoms with Gasteiger partial charge in [0.1, 0.15) is 10.8 Å². The van der Waals surface area contributed by atoms with Crippen molar-refractivity contribution in [3.8, 4) is 0 Å². The summed E-state index contributed by atoms with van der Waals surface area (Å²) >= 11 is 1.78. The Bertz CT molecular complexity index is 1170. The van der Waals surface area contributed by atoms with Gasteiger partial charge in [-0.25, -0.2) is 4.99 Å². The number of rotatable bonds is 4. The van der Waals surface area contributed by atoms with Gasteiger partial charge in [0.25, 0.3) is 0 Å².